The Labute approximate surface area is 144 Å². The number of aliphatic carboxylic acids is 1. The fraction of sp³-hybridized carbons (Fsp3) is 0.529. The van der Waals surface area contributed by atoms with Gasteiger partial charge in [0.2, 0.25) is 5.91 Å². The molecule has 8 heteroatoms. The molecule has 1 unspecified atom stereocenters. The van der Waals surface area contributed by atoms with Gasteiger partial charge in [-0.1, -0.05) is 0 Å². The number of H-pyrrole nitrogens is 1. The monoisotopic (exact) mass is 346 g/mol. The Morgan fingerprint density at radius 2 is 2.04 bits per heavy atom. The Balaban J connectivity index is 1.99. The summed E-state index contributed by atoms with van der Waals surface area (Å²) in [5, 5.41) is 12.4. The van der Waals surface area contributed by atoms with Gasteiger partial charge in [-0.15, -0.1) is 0 Å². The van der Waals surface area contributed by atoms with Crippen molar-refractivity contribution in [1.82, 2.24) is 19.7 Å². The number of carboxylic acid groups (broad SMARTS) is 1. The van der Waals surface area contributed by atoms with Crippen LogP contribution >= 0.6 is 0 Å². The Morgan fingerprint density at radius 3 is 2.60 bits per heavy atom. The minimum atomic E-state index is -1.01. The van der Waals surface area contributed by atoms with E-state index in [0.717, 1.165) is 18.4 Å². The van der Waals surface area contributed by atoms with Crippen LogP contribution in [0.5, 0.6) is 0 Å². The molecular formula is C17H22N4O4. The highest BCUT2D eigenvalue weighted by Crippen LogP contribution is 2.30. The zero-order valence-electron chi connectivity index (χ0n) is 14.8. The Hall–Kier alpha value is -2.64. The van der Waals surface area contributed by atoms with Gasteiger partial charge in [0, 0.05) is 18.8 Å². The van der Waals surface area contributed by atoms with Gasteiger partial charge in [-0.2, -0.15) is 0 Å². The van der Waals surface area contributed by atoms with E-state index >= 15 is 0 Å². The molecule has 1 aliphatic rings. The molecule has 2 aromatic heterocycles. The number of carbonyl (C=O) groups is 2. The molecule has 1 fully saturated rings. The second-order valence-corrected chi connectivity index (χ2v) is 6.72. The molecule has 134 valence electrons. The highest BCUT2D eigenvalue weighted by Gasteiger charge is 2.38. The van der Waals surface area contributed by atoms with Gasteiger partial charge in [0.05, 0.1) is 11.8 Å². The van der Waals surface area contributed by atoms with Gasteiger partial charge < -0.3 is 10.0 Å². The first-order chi connectivity index (χ1) is 11.7. The summed E-state index contributed by atoms with van der Waals surface area (Å²) in [6.07, 6.45) is 1.71. The number of aromatic amines is 1. The number of aryl methyl sites for hydroxylation is 3. The summed E-state index contributed by atoms with van der Waals surface area (Å²) in [7, 11) is 1.71. The van der Waals surface area contributed by atoms with E-state index in [1.165, 1.54) is 11.8 Å². The summed E-state index contributed by atoms with van der Waals surface area (Å²) >= 11 is 0. The van der Waals surface area contributed by atoms with E-state index in [1.807, 2.05) is 0 Å². The molecule has 0 radical (unpaired) electrons. The van der Waals surface area contributed by atoms with Crippen molar-refractivity contribution in [1.29, 1.82) is 0 Å². The molecular weight excluding hydrogens is 324 g/mol. The predicted molar refractivity (Wildman–Crippen MR) is 91.5 cm³/mol. The lowest BCUT2D eigenvalue weighted by molar-refractivity contribution is -0.149. The van der Waals surface area contributed by atoms with Crippen LogP contribution in [0.4, 0.5) is 0 Å². The second kappa shape index (κ2) is 6.02. The van der Waals surface area contributed by atoms with Gasteiger partial charge in [0.25, 0.3) is 5.56 Å². The molecule has 0 aromatic carbocycles. The van der Waals surface area contributed by atoms with Crippen molar-refractivity contribution in [2.75, 3.05) is 0 Å². The van der Waals surface area contributed by atoms with E-state index < -0.39 is 12.0 Å². The summed E-state index contributed by atoms with van der Waals surface area (Å²) in [5.74, 6) is -1.25. The molecule has 0 aliphatic heterocycles. The van der Waals surface area contributed by atoms with Crippen molar-refractivity contribution < 1.29 is 14.7 Å². The van der Waals surface area contributed by atoms with Crippen LogP contribution in [0.15, 0.2) is 4.79 Å². The van der Waals surface area contributed by atoms with E-state index in [-0.39, 0.29) is 23.9 Å². The highest BCUT2D eigenvalue weighted by atomic mass is 16.4. The van der Waals surface area contributed by atoms with Crippen molar-refractivity contribution in [2.24, 2.45) is 7.05 Å². The topological polar surface area (TPSA) is 108 Å². The lowest BCUT2D eigenvalue weighted by Crippen LogP contribution is -2.45. The maximum Gasteiger partial charge on any atom is 0.326 e. The number of pyridine rings is 1. The van der Waals surface area contributed by atoms with Gasteiger partial charge in [-0.05, 0) is 44.7 Å². The molecule has 2 aromatic rings. The summed E-state index contributed by atoms with van der Waals surface area (Å²) in [6, 6.07) is -0.867. The van der Waals surface area contributed by atoms with Crippen molar-refractivity contribution in [3.8, 4) is 0 Å². The molecule has 25 heavy (non-hydrogen) atoms. The molecule has 1 atom stereocenters. The number of nitrogens with zero attached hydrogens (tertiary/aromatic N) is 3. The van der Waals surface area contributed by atoms with Gasteiger partial charge in [0.1, 0.15) is 6.04 Å². The molecule has 8 nitrogen and oxygen atoms in total. The Bertz CT molecular complexity index is 923. The quantitative estimate of drug-likeness (QED) is 0.836. The SMILES string of the molecule is Cc1nc2c(c(C)c1CC(=O)N(C1CC1)C(C)C(=O)O)c(=O)[nH]n2C. The first kappa shape index (κ1) is 17.2. The maximum atomic E-state index is 12.8. The van der Waals surface area contributed by atoms with E-state index in [0.29, 0.717) is 22.3 Å². The van der Waals surface area contributed by atoms with Crippen LogP contribution in [0, 0.1) is 13.8 Å². The molecule has 1 saturated carbocycles. The van der Waals surface area contributed by atoms with Crippen LogP contribution in [-0.4, -0.2) is 48.7 Å². The fourth-order valence-corrected chi connectivity index (χ4v) is 3.36. The van der Waals surface area contributed by atoms with E-state index in [1.54, 1.807) is 25.6 Å². The van der Waals surface area contributed by atoms with Gasteiger partial charge in [-0.25, -0.2) is 9.78 Å². The molecule has 2 N–H and O–H groups in total. The smallest absolute Gasteiger partial charge is 0.326 e. The minimum Gasteiger partial charge on any atom is -0.480 e. The molecule has 0 spiro atoms. The average Bonchev–Trinajstić information content (AvgIpc) is 3.30. The van der Waals surface area contributed by atoms with E-state index in [2.05, 4.69) is 10.1 Å². The Morgan fingerprint density at radius 1 is 1.40 bits per heavy atom. The number of fused-ring (bicyclic) bond motifs is 1. The van der Waals surface area contributed by atoms with Crippen LogP contribution in [0.2, 0.25) is 0 Å². The zero-order valence-corrected chi connectivity index (χ0v) is 14.8. The average molecular weight is 346 g/mol. The lowest BCUT2D eigenvalue weighted by atomic mass is 10.0. The number of hydrogen-bond acceptors (Lipinski definition) is 4. The first-order valence-corrected chi connectivity index (χ1v) is 8.31. The largest absolute Gasteiger partial charge is 0.480 e. The number of aromatic nitrogens is 3. The maximum absolute atomic E-state index is 12.8. The lowest BCUT2D eigenvalue weighted by Gasteiger charge is -2.27. The molecule has 1 aliphatic carbocycles. The highest BCUT2D eigenvalue weighted by molar-refractivity contribution is 5.87. The number of nitrogens with one attached hydrogen (secondary N) is 1. The summed E-state index contributed by atoms with van der Waals surface area (Å²) in [4.78, 5) is 42.2. The first-order valence-electron chi connectivity index (χ1n) is 8.31. The Kier molecular flexibility index (Phi) is 4.14. The zero-order chi connectivity index (χ0) is 18.5. The molecule has 1 amide bonds. The van der Waals surface area contributed by atoms with Crippen LogP contribution in [0.3, 0.4) is 0 Å². The normalized spacial score (nSPS) is 15.4. The van der Waals surface area contributed by atoms with Crippen molar-refractivity contribution >= 4 is 22.9 Å². The summed E-state index contributed by atoms with van der Waals surface area (Å²) in [6.45, 7) is 5.13. The van der Waals surface area contributed by atoms with Gasteiger partial charge in [0.15, 0.2) is 5.65 Å². The molecule has 2 heterocycles. The molecule has 0 bridgehead atoms. The van der Waals surface area contributed by atoms with Crippen LogP contribution in [0.1, 0.15) is 36.6 Å². The van der Waals surface area contributed by atoms with Gasteiger partial charge in [-0.3, -0.25) is 19.4 Å². The summed E-state index contributed by atoms with van der Waals surface area (Å²) in [5.41, 5.74) is 2.39. The fourth-order valence-electron chi connectivity index (χ4n) is 3.36. The summed E-state index contributed by atoms with van der Waals surface area (Å²) < 4.78 is 1.56. The number of rotatable bonds is 5. The van der Waals surface area contributed by atoms with Crippen LogP contribution in [0.25, 0.3) is 11.0 Å². The van der Waals surface area contributed by atoms with E-state index in [9.17, 15) is 19.5 Å². The van der Waals surface area contributed by atoms with Crippen LogP contribution < -0.4 is 5.56 Å². The van der Waals surface area contributed by atoms with Crippen molar-refractivity contribution in [2.45, 2.75) is 52.1 Å². The number of amides is 1. The number of carbonyl (C=O) groups excluding carboxylic acids is 1. The second-order valence-electron chi connectivity index (χ2n) is 6.72. The van der Waals surface area contributed by atoms with Gasteiger partial charge >= 0.3 is 5.97 Å². The third kappa shape index (κ3) is 2.92. The molecule has 3 rings (SSSR count). The predicted octanol–water partition coefficient (Wildman–Crippen LogP) is 0.885. The molecule has 0 saturated heterocycles. The number of carboxylic acids is 1. The van der Waals surface area contributed by atoms with Crippen molar-refractivity contribution in [3.05, 3.63) is 27.2 Å². The third-order valence-electron chi connectivity index (χ3n) is 4.91. The van der Waals surface area contributed by atoms with Crippen molar-refractivity contribution in [3.63, 3.8) is 0 Å². The minimum absolute atomic E-state index is 0.00368. The third-order valence-corrected chi connectivity index (χ3v) is 4.91. The van der Waals surface area contributed by atoms with Crippen LogP contribution in [-0.2, 0) is 23.1 Å². The standard InChI is InChI=1S/C17H22N4O4/c1-8-12(9(2)18-15-14(8)16(23)19-20(15)4)7-13(22)21(11-5-6-11)10(3)17(24)25/h10-11H,5-7H2,1-4H3,(H,19,23)(H,24,25). The number of hydrogen-bond donors (Lipinski definition) is 2. The van der Waals surface area contributed by atoms with E-state index in [4.69, 9.17) is 0 Å².